The van der Waals surface area contributed by atoms with Gasteiger partial charge in [0.1, 0.15) is 0 Å². The summed E-state index contributed by atoms with van der Waals surface area (Å²) in [6.45, 7) is 8.80. The van der Waals surface area contributed by atoms with E-state index in [2.05, 4.69) is 161 Å². The predicted molar refractivity (Wildman–Crippen MR) is 285 cm³/mol. The molecular weight excluding hydrogens is 971 g/mol. The summed E-state index contributed by atoms with van der Waals surface area (Å²) in [5.74, 6) is 0. The van der Waals surface area contributed by atoms with Gasteiger partial charge in [-0.3, -0.25) is 0 Å². The summed E-state index contributed by atoms with van der Waals surface area (Å²) in [6, 6.07) is 71.7. The van der Waals surface area contributed by atoms with Crippen LogP contribution in [-0.4, -0.2) is 0 Å². The van der Waals surface area contributed by atoms with Gasteiger partial charge in [0.15, 0.2) is 0 Å². The van der Waals surface area contributed by atoms with Crippen molar-refractivity contribution in [1.29, 1.82) is 0 Å². The second-order valence-electron chi connectivity index (χ2n) is 17.6. The topological polar surface area (TPSA) is 52.0 Å². The van der Waals surface area contributed by atoms with E-state index < -0.39 is 15.8 Å². The zero-order valence-corrected chi connectivity index (χ0v) is 43.2. The molecule has 0 heterocycles. The first-order valence-corrected chi connectivity index (χ1v) is 29.9. The van der Waals surface area contributed by atoms with E-state index in [1.54, 1.807) is 32.9 Å². The van der Waals surface area contributed by atoms with E-state index in [0.29, 0.717) is 0 Å². The molecule has 4 N–H and O–H groups in total. The number of nitrogens with two attached hydrogens (primary N) is 2. The van der Waals surface area contributed by atoms with E-state index in [1.165, 1.54) is 56.3 Å². The van der Waals surface area contributed by atoms with Crippen LogP contribution in [0.3, 0.4) is 0 Å². The first-order valence-electron chi connectivity index (χ1n) is 22.7. The van der Waals surface area contributed by atoms with Crippen LogP contribution in [0.25, 0.3) is 0 Å². The Labute approximate surface area is 411 Å². The van der Waals surface area contributed by atoms with Crippen LogP contribution in [0.2, 0.25) is 0 Å². The molecule has 0 amide bonds. The van der Waals surface area contributed by atoms with E-state index in [0.717, 1.165) is 24.0 Å². The molecule has 0 aliphatic heterocycles. The number of halogens is 2. The first-order chi connectivity index (χ1) is 32.1. The molecule has 0 radical (unpaired) electrons. The van der Waals surface area contributed by atoms with Gasteiger partial charge in [0.25, 0.3) is 0 Å². The monoisotopic (exact) mass is 1030 g/mol. The normalized spacial score (nSPS) is 14.2. The summed E-state index contributed by atoms with van der Waals surface area (Å²) in [5.41, 5.74) is 26.1. The first kappa shape index (κ1) is 48.2. The molecule has 2 atom stereocenters. The fourth-order valence-corrected chi connectivity index (χ4v) is 15.0. The quantitative estimate of drug-likeness (QED) is 0.112. The zero-order valence-electron chi connectivity index (χ0n) is 38.1. The van der Waals surface area contributed by atoms with Crippen LogP contribution in [0, 0.1) is 27.7 Å². The van der Waals surface area contributed by atoms with Gasteiger partial charge in [0, 0.05) is 17.5 Å². The summed E-state index contributed by atoms with van der Waals surface area (Å²) in [7, 11) is 8.27. The molecule has 10 rings (SSSR count). The summed E-state index contributed by atoms with van der Waals surface area (Å²) in [4.78, 5) is 0. The standard InChI is InChI=1S/C45H42P2.C14H16N2.2ClH.Ru/c1-31-11-19-37(20-12-31)46(38-21-13-32(2)14-22-38)41-9-5-7-35-27-29-45(43(35)41)30-28-36-8-6-10-42(44(36)45)47(39-23-15-33(3)16-24-39)40-25-17-34(4)18-26-40;15-13(11-7-3-1-4-8-11)14(16)12-9-5-2-6-10-12;;;/h5-26H,27-30H2,1-4H3;1-10,13-14H,15-16H2;2*1H;/q;;;;+2/p-2/t;13-,14-;;;/m.1.../s1. The molecule has 0 bridgehead atoms. The minimum atomic E-state index is -0.720. The van der Waals surface area contributed by atoms with Gasteiger partial charge in [-0.1, -0.05) is 216 Å². The Morgan fingerprint density at radius 1 is 0.409 bits per heavy atom. The van der Waals surface area contributed by atoms with E-state index >= 15 is 0 Å². The van der Waals surface area contributed by atoms with Crippen molar-refractivity contribution in [3.05, 3.63) is 250 Å². The van der Waals surface area contributed by atoms with E-state index in [1.807, 2.05) is 60.7 Å². The van der Waals surface area contributed by atoms with Gasteiger partial charge in [-0.25, -0.2) is 0 Å². The minimum absolute atomic E-state index is 0.0316. The molecule has 2 aliphatic carbocycles. The average molecular weight is 1030 g/mol. The van der Waals surface area contributed by atoms with Crippen LogP contribution in [0.1, 0.15) is 80.6 Å². The second kappa shape index (κ2) is 22.2. The Hall–Kier alpha value is -4.26. The van der Waals surface area contributed by atoms with Crippen LogP contribution >= 0.6 is 35.2 Å². The molecule has 8 aromatic carbocycles. The molecule has 0 fully saturated rings. The molecule has 0 saturated carbocycles. The Balaban J connectivity index is 0.000000261. The predicted octanol–water partition coefficient (Wildman–Crippen LogP) is 12.4. The van der Waals surface area contributed by atoms with E-state index in [-0.39, 0.29) is 32.6 Å². The van der Waals surface area contributed by atoms with Crippen molar-refractivity contribution in [2.45, 2.75) is 70.9 Å². The number of fused-ring (bicyclic) bond motifs is 4. The van der Waals surface area contributed by atoms with Crippen molar-refractivity contribution in [3.8, 4) is 0 Å². The molecule has 0 saturated heterocycles. The fourth-order valence-electron chi connectivity index (χ4n) is 9.91. The molecule has 8 aromatic rings. The number of aryl methyl sites for hydroxylation is 6. The summed E-state index contributed by atoms with van der Waals surface area (Å²) in [6.07, 6.45) is 4.68. The molecule has 0 aromatic heterocycles. The van der Waals surface area contributed by atoms with Crippen molar-refractivity contribution < 1.29 is 15.1 Å². The van der Waals surface area contributed by atoms with Gasteiger partial charge in [-0.05, 0) is 134 Å². The van der Waals surface area contributed by atoms with Gasteiger partial charge < -0.3 is 11.5 Å². The van der Waals surface area contributed by atoms with Gasteiger partial charge in [0.05, 0.1) is 0 Å². The second-order valence-corrected chi connectivity index (χ2v) is 24.7. The molecule has 336 valence electrons. The summed E-state index contributed by atoms with van der Waals surface area (Å²) < 4.78 is 0. The molecule has 7 heteroatoms. The SMILES string of the molecule is Cc1ccc(P(c2ccc(C)cc2)c2cccc3c2C2(CC3)CCc3cccc(P(c4ccc(C)cc4)c4ccc(C)cc4)c32)cc1.N[C@H](c1ccccc1)[C@H](N)c1ccccc1.[Cl][Ru][Cl]. The fraction of sp³-hybridized carbons (Fsp3) is 0.186. The van der Waals surface area contributed by atoms with Crippen molar-refractivity contribution >= 4 is 67.1 Å². The Kier molecular flexibility index (Phi) is 16.2. The third kappa shape index (κ3) is 10.6. The van der Waals surface area contributed by atoms with Crippen molar-refractivity contribution in [3.63, 3.8) is 0 Å². The van der Waals surface area contributed by atoms with Gasteiger partial charge in [-0.15, -0.1) is 0 Å². The van der Waals surface area contributed by atoms with E-state index in [4.69, 9.17) is 30.8 Å². The zero-order chi connectivity index (χ0) is 46.2. The molecule has 66 heavy (non-hydrogen) atoms. The average Bonchev–Trinajstić information content (AvgIpc) is 3.93. The Bertz CT molecular complexity index is 2530. The third-order valence-corrected chi connectivity index (χ3v) is 18.2. The molecule has 2 nitrogen and oxygen atoms in total. The summed E-state index contributed by atoms with van der Waals surface area (Å²) in [5, 5.41) is 8.88. The number of hydrogen-bond acceptors (Lipinski definition) is 2. The van der Waals surface area contributed by atoms with Gasteiger partial charge in [-0.2, -0.15) is 0 Å². The van der Waals surface area contributed by atoms with Crippen molar-refractivity contribution in [2.24, 2.45) is 11.5 Å². The molecule has 1 spiro atoms. The van der Waals surface area contributed by atoms with Gasteiger partial charge >= 0.3 is 34.5 Å². The van der Waals surface area contributed by atoms with Crippen LogP contribution < -0.4 is 43.3 Å². The molecule has 0 unspecified atom stereocenters. The summed E-state index contributed by atoms with van der Waals surface area (Å²) >= 11 is -0.346. The molecular formula is C59H58Cl2N2P2Ru. The van der Waals surface area contributed by atoms with Gasteiger partial charge in [0.2, 0.25) is 0 Å². The Morgan fingerprint density at radius 2 is 0.697 bits per heavy atom. The Morgan fingerprint density at radius 3 is 0.985 bits per heavy atom. The maximum atomic E-state index is 6.15. The van der Waals surface area contributed by atoms with Crippen LogP contribution in [0.4, 0.5) is 0 Å². The van der Waals surface area contributed by atoms with Crippen LogP contribution in [-0.2, 0) is 33.4 Å². The van der Waals surface area contributed by atoms with E-state index in [9.17, 15) is 0 Å². The van der Waals surface area contributed by atoms with Crippen LogP contribution in [0.15, 0.2) is 194 Å². The van der Waals surface area contributed by atoms with Crippen molar-refractivity contribution in [1.82, 2.24) is 0 Å². The number of rotatable bonds is 9. The molecule has 2 aliphatic rings. The number of hydrogen-bond donors (Lipinski definition) is 2. The maximum absolute atomic E-state index is 6.15. The number of benzene rings is 8. The van der Waals surface area contributed by atoms with Crippen molar-refractivity contribution in [2.75, 3.05) is 0 Å². The third-order valence-electron chi connectivity index (χ3n) is 13.3. The van der Waals surface area contributed by atoms with Crippen LogP contribution in [0.5, 0.6) is 0 Å².